The highest BCUT2D eigenvalue weighted by Gasteiger charge is 2.22. The molecule has 0 fully saturated rings. The van der Waals surface area contributed by atoms with Crippen molar-refractivity contribution in [3.63, 3.8) is 0 Å². The molecule has 3 heterocycles. The first-order chi connectivity index (χ1) is 10.9. The summed E-state index contributed by atoms with van der Waals surface area (Å²) >= 11 is 8.29. The normalized spacial score (nSPS) is 11.7. The molecule has 0 radical (unpaired) electrons. The second-order valence-corrected chi connectivity index (χ2v) is 8.81. The average Bonchev–Trinajstić information content (AvgIpc) is 3.11. The molecule has 0 aliphatic rings. The van der Waals surface area contributed by atoms with Crippen LogP contribution in [0.5, 0.6) is 0 Å². The van der Waals surface area contributed by atoms with Gasteiger partial charge in [0, 0.05) is 12.7 Å². The first-order valence-electron chi connectivity index (χ1n) is 6.29. The number of amides is 1. The van der Waals surface area contributed by atoms with Crippen LogP contribution < -0.4 is 10.5 Å². The van der Waals surface area contributed by atoms with Gasteiger partial charge >= 0.3 is 0 Å². The van der Waals surface area contributed by atoms with Gasteiger partial charge in [-0.05, 0) is 29.1 Å². The Morgan fingerprint density at radius 1 is 1.39 bits per heavy atom. The summed E-state index contributed by atoms with van der Waals surface area (Å²) in [6, 6.07) is 4.75. The Morgan fingerprint density at radius 2 is 2.17 bits per heavy atom. The maximum absolute atomic E-state index is 12.3. The molecule has 0 aromatic carbocycles. The average molecular weight is 388 g/mol. The fraction of sp³-hybridized carbons (Fsp3) is 0.0769. The van der Waals surface area contributed by atoms with E-state index >= 15 is 0 Å². The van der Waals surface area contributed by atoms with Crippen LogP contribution in [-0.2, 0) is 16.6 Å². The van der Waals surface area contributed by atoms with Crippen molar-refractivity contribution >= 4 is 60.4 Å². The lowest BCUT2D eigenvalue weighted by atomic mass is 10.3. The minimum Gasteiger partial charge on any atom is -0.326 e. The second kappa shape index (κ2) is 6.17. The van der Waals surface area contributed by atoms with E-state index in [2.05, 4.69) is 4.98 Å². The van der Waals surface area contributed by atoms with E-state index in [0.29, 0.717) is 15.4 Å². The van der Waals surface area contributed by atoms with Crippen molar-refractivity contribution in [2.75, 3.05) is 0 Å². The van der Waals surface area contributed by atoms with E-state index < -0.39 is 15.9 Å². The number of hydrogen-bond acceptors (Lipinski definition) is 7. The van der Waals surface area contributed by atoms with Crippen LogP contribution in [0.4, 0.5) is 0 Å². The molecular weight excluding hydrogens is 378 g/mol. The van der Waals surface area contributed by atoms with Crippen molar-refractivity contribution in [2.45, 2.75) is 11.4 Å². The summed E-state index contributed by atoms with van der Waals surface area (Å²) < 4.78 is 27.8. The molecule has 0 unspecified atom stereocenters. The third-order valence-electron chi connectivity index (χ3n) is 3.02. The van der Waals surface area contributed by atoms with Crippen molar-refractivity contribution in [3.8, 4) is 0 Å². The monoisotopic (exact) mass is 387 g/mol. The molecule has 23 heavy (non-hydrogen) atoms. The fourth-order valence-corrected chi connectivity index (χ4v) is 4.91. The number of thiophene rings is 2. The number of sulfonamides is 1. The largest absolute Gasteiger partial charge is 0.326 e. The van der Waals surface area contributed by atoms with Crippen LogP contribution in [0.1, 0.15) is 15.2 Å². The molecule has 0 saturated carbocycles. The second-order valence-electron chi connectivity index (χ2n) is 4.52. The summed E-state index contributed by atoms with van der Waals surface area (Å²) in [7, 11) is -4.01. The van der Waals surface area contributed by atoms with Gasteiger partial charge in [0.2, 0.25) is 0 Å². The number of hydrogen-bond donors (Lipinski definition) is 2. The van der Waals surface area contributed by atoms with E-state index in [-0.39, 0.29) is 16.3 Å². The van der Waals surface area contributed by atoms with Crippen molar-refractivity contribution in [1.29, 1.82) is 0 Å². The molecule has 0 atom stereocenters. The molecule has 3 N–H and O–H groups in total. The summed E-state index contributed by atoms with van der Waals surface area (Å²) in [4.78, 5) is 16.3. The number of carbonyl (C=O) groups excluding carboxylic acids is 1. The number of nitrogens with two attached hydrogens (primary N) is 1. The Balaban J connectivity index is 1.88. The molecule has 10 heteroatoms. The van der Waals surface area contributed by atoms with E-state index in [9.17, 15) is 13.2 Å². The molecule has 6 nitrogen and oxygen atoms in total. The predicted octanol–water partition coefficient (Wildman–Crippen LogP) is 2.59. The maximum atomic E-state index is 12.3. The molecular formula is C13H10ClN3O3S3. The SMILES string of the molecule is NCc1cc(C(=O)NS(=O)(=O)c2cnc3ccsc3c2)sc1Cl. The van der Waals surface area contributed by atoms with Gasteiger partial charge in [0.1, 0.15) is 4.90 Å². The van der Waals surface area contributed by atoms with Crippen LogP contribution in [-0.4, -0.2) is 19.3 Å². The lowest BCUT2D eigenvalue weighted by molar-refractivity contribution is 0.0985. The maximum Gasteiger partial charge on any atom is 0.275 e. The summed E-state index contributed by atoms with van der Waals surface area (Å²) in [5, 5.41) is 1.81. The number of rotatable bonds is 4. The molecule has 3 aromatic heterocycles. The summed E-state index contributed by atoms with van der Waals surface area (Å²) in [5.74, 6) is -0.747. The zero-order chi connectivity index (χ0) is 16.6. The first-order valence-corrected chi connectivity index (χ1v) is 9.85. The Kier molecular flexibility index (Phi) is 4.39. The van der Waals surface area contributed by atoms with Crippen LogP contribution in [0.15, 0.2) is 34.7 Å². The van der Waals surface area contributed by atoms with E-state index in [1.807, 2.05) is 10.1 Å². The molecule has 0 saturated heterocycles. The highest BCUT2D eigenvalue weighted by molar-refractivity contribution is 7.90. The first kappa shape index (κ1) is 16.3. The molecule has 0 aliphatic heterocycles. The van der Waals surface area contributed by atoms with Gasteiger partial charge in [0.25, 0.3) is 15.9 Å². The van der Waals surface area contributed by atoms with Gasteiger partial charge in [-0.2, -0.15) is 0 Å². The minimum absolute atomic E-state index is 0.0671. The molecule has 0 aliphatic carbocycles. The number of pyridine rings is 1. The summed E-state index contributed by atoms with van der Waals surface area (Å²) in [6.07, 6.45) is 1.22. The third kappa shape index (κ3) is 3.24. The molecule has 120 valence electrons. The van der Waals surface area contributed by atoms with E-state index in [1.54, 1.807) is 6.07 Å². The number of nitrogens with zero attached hydrogens (tertiary/aromatic N) is 1. The van der Waals surface area contributed by atoms with Gasteiger partial charge in [-0.1, -0.05) is 11.6 Å². The fourth-order valence-electron chi connectivity index (χ4n) is 1.86. The van der Waals surface area contributed by atoms with Crippen LogP contribution >= 0.6 is 34.3 Å². The van der Waals surface area contributed by atoms with Gasteiger partial charge in [0.15, 0.2) is 0 Å². The Hall–Kier alpha value is -1.52. The molecule has 3 aromatic rings. The Morgan fingerprint density at radius 3 is 2.87 bits per heavy atom. The number of carbonyl (C=O) groups is 1. The zero-order valence-electron chi connectivity index (χ0n) is 11.4. The standard InChI is InChI=1S/C13H10ClN3O3S3/c14-12-7(5-15)3-11(22-12)13(18)17-23(19,20)8-4-10-9(16-6-8)1-2-21-10/h1-4,6H,5,15H2,(H,17,18). The van der Waals surface area contributed by atoms with Crippen molar-refractivity contribution < 1.29 is 13.2 Å². The molecule has 0 spiro atoms. The van der Waals surface area contributed by atoms with Crippen LogP contribution in [0.2, 0.25) is 4.34 Å². The van der Waals surface area contributed by atoms with Crippen LogP contribution in [0, 0.1) is 0 Å². The van der Waals surface area contributed by atoms with Crippen molar-refractivity contribution in [1.82, 2.24) is 9.71 Å². The molecule has 3 rings (SSSR count). The number of fused-ring (bicyclic) bond motifs is 1. The van der Waals surface area contributed by atoms with Crippen LogP contribution in [0.3, 0.4) is 0 Å². The predicted molar refractivity (Wildman–Crippen MR) is 91.5 cm³/mol. The Bertz CT molecular complexity index is 994. The van der Waals surface area contributed by atoms with Crippen molar-refractivity contribution in [3.05, 3.63) is 44.6 Å². The number of aromatic nitrogens is 1. The van der Waals surface area contributed by atoms with Gasteiger partial charge in [0.05, 0.1) is 19.4 Å². The highest BCUT2D eigenvalue weighted by Crippen LogP contribution is 2.28. The van der Waals surface area contributed by atoms with Gasteiger partial charge < -0.3 is 5.73 Å². The van der Waals surface area contributed by atoms with E-state index in [1.165, 1.54) is 29.7 Å². The smallest absolute Gasteiger partial charge is 0.275 e. The highest BCUT2D eigenvalue weighted by atomic mass is 35.5. The topological polar surface area (TPSA) is 102 Å². The summed E-state index contributed by atoms with van der Waals surface area (Å²) in [6.45, 7) is 0.175. The third-order valence-corrected chi connectivity index (χ3v) is 6.61. The van der Waals surface area contributed by atoms with Gasteiger partial charge in [-0.15, -0.1) is 22.7 Å². The van der Waals surface area contributed by atoms with E-state index in [4.69, 9.17) is 17.3 Å². The summed E-state index contributed by atoms with van der Waals surface area (Å²) in [5.41, 5.74) is 6.79. The van der Waals surface area contributed by atoms with Crippen molar-refractivity contribution in [2.24, 2.45) is 5.73 Å². The quantitative estimate of drug-likeness (QED) is 0.716. The Labute approximate surface area is 145 Å². The van der Waals surface area contributed by atoms with Gasteiger partial charge in [-0.25, -0.2) is 13.1 Å². The molecule has 1 amide bonds. The van der Waals surface area contributed by atoms with Crippen LogP contribution in [0.25, 0.3) is 10.2 Å². The molecule has 0 bridgehead atoms. The van der Waals surface area contributed by atoms with E-state index in [0.717, 1.165) is 16.0 Å². The van der Waals surface area contributed by atoms with Gasteiger partial charge in [-0.3, -0.25) is 9.78 Å². The minimum atomic E-state index is -4.01. The number of halogens is 1. The number of nitrogens with one attached hydrogen (secondary N) is 1. The zero-order valence-corrected chi connectivity index (χ0v) is 14.7. The lowest BCUT2D eigenvalue weighted by Crippen LogP contribution is -2.30. The lowest BCUT2D eigenvalue weighted by Gasteiger charge is -2.05.